The summed E-state index contributed by atoms with van der Waals surface area (Å²) in [6.45, 7) is 1.31. The van der Waals surface area contributed by atoms with Gasteiger partial charge in [0.25, 0.3) is 0 Å². The number of urea groups is 1. The summed E-state index contributed by atoms with van der Waals surface area (Å²) in [6, 6.07) is 21.0. The molecule has 0 radical (unpaired) electrons. The van der Waals surface area contributed by atoms with Crippen LogP contribution in [0.1, 0.15) is 29.5 Å². The number of benzene rings is 3. The van der Waals surface area contributed by atoms with E-state index in [9.17, 15) is 18.0 Å². The predicted octanol–water partition coefficient (Wildman–Crippen LogP) is 6.72. The van der Waals surface area contributed by atoms with E-state index in [-0.39, 0.29) is 12.1 Å². The zero-order chi connectivity index (χ0) is 29.0. The van der Waals surface area contributed by atoms with Crippen LogP contribution in [0.3, 0.4) is 0 Å². The fourth-order valence-corrected chi connectivity index (χ4v) is 5.62. The number of carbonyl (C=O) groups excluding carboxylic acids is 1. The second kappa shape index (κ2) is 11.8. The molecule has 0 spiro atoms. The molecule has 1 saturated heterocycles. The minimum absolute atomic E-state index is 0.0901. The zero-order valence-corrected chi connectivity index (χ0v) is 23.2. The van der Waals surface area contributed by atoms with Gasteiger partial charge in [-0.15, -0.1) is 0 Å². The normalized spacial score (nSPS) is 15.2. The largest absolute Gasteiger partial charge is 0.416 e. The molecule has 0 unspecified atom stereocenters. The van der Waals surface area contributed by atoms with Crippen molar-refractivity contribution in [3.63, 3.8) is 0 Å². The quantitative estimate of drug-likeness (QED) is 0.263. The number of fused-ring (bicyclic) bond motifs is 1. The number of pyridine rings is 1. The molecule has 1 aromatic heterocycles. The van der Waals surface area contributed by atoms with Gasteiger partial charge in [-0.05, 0) is 80.2 Å². The van der Waals surface area contributed by atoms with Crippen LogP contribution < -0.4 is 15.5 Å². The van der Waals surface area contributed by atoms with E-state index in [0.29, 0.717) is 30.0 Å². The van der Waals surface area contributed by atoms with E-state index < -0.39 is 17.8 Å². The summed E-state index contributed by atoms with van der Waals surface area (Å²) in [5.74, 6) is 0. The number of nitrogens with zero attached hydrogens (tertiary/aromatic N) is 3. The average molecular weight is 562 g/mol. The van der Waals surface area contributed by atoms with E-state index in [2.05, 4.69) is 46.7 Å². The SMILES string of the molecule is CN(C)C1(Cc2ccccc2)CCN(c2cc(C(F)(F)F)ccc2CNC(=O)Nc2ccc3ccncc3c2)CC1. The first-order valence-corrected chi connectivity index (χ1v) is 13.7. The van der Waals surface area contributed by atoms with Crippen molar-refractivity contribution in [1.82, 2.24) is 15.2 Å². The molecule has 3 aromatic carbocycles. The first kappa shape index (κ1) is 28.4. The molecule has 214 valence electrons. The second-order valence-corrected chi connectivity index (χ2v) is 10.9. The molecule has 1 aliphatic heterocycles. The second-order valence-electron chi connectivity index (χ2n) is 10.9. The smallest absolute Gasteiger partial charge is 0.371 e. The maximum Gasteiger partial charge on any atom is 0.416 e. The summed E-state index contributed by atoms with van der Waals surface area (Å²) in [4.78, 5) is 21.1. The third-order valence-electron chi connectivity index (χ3n) is 8.11. The highest BCUT2D eigenvalue weighted by Crippen LogP contribution is 2.37. The lowest BCUT2D eigenvalue weighted by Gasteiger charge is -2.47. The number of amides is 2. The highest BCUT2D eigenvalue weighted by atomic mass is 19.4. The molecule has 2 N–H and O–H groups in total. The Morgan fingerprint density at radius 2 is 1.73 bits per heavy atom. The molecule has 1 fully saturated rings. The van der Waals surface area contributed by atoms with Gasteiger partial charge in [-0.1, -0.05) is 42.5 Å². The topological polar surface area (TPSA) is 60.5 Å². The maximum absolute atomic E-state index is 13.7. The van der Waals surface area contributed by atoms with Crippen LogP contribution in [0, 0.1) is 0 Å². The number of aromatic nitrogens is 1. The number of piperidine rings is 1. The van der Waals surface area contributed by atoms with Crippen molar-refractivity contribution in [2.24, 2.45) is 0 Å². The van der Waals surface area contributed by atoms with Crippen molar-refractivity contribution < 1.29 is 18.0 Å². The first-order valence-electron chi connectivity index (χ1n) is 13.7. The Morgan fingerprint density at radius 1 is 0.976 bits per heavy atom. The highest BCUT2D eigenvalue weighted by molar-refractivity contribution is 5.93. The molecule has 2 heterocycles. The number of hydrogen-bond acceptors (Lipinski definition) is 4. The molecule has 2 amide bonds. The average Bonchev–Trinajstić information content (AvgIpc) is 2.96. The number of alkyl halides is 3. The van der Waals surface area contributed by atoms with Gasteiger partial charge in [0.05, 0.1) is 5.56 Å². The number of halogens is 3. The molecule has 1 aliphatic rings. The molecule has 4 aromatic rings. The lowest BCUT2D eigenvalue weighted by Crippen LogP contribution is -2.54. The third kappa shape index (κ3) is 6.62. The summed E-state index contributed by atoms with van der Waals surface area (Å²) in [6.07, 6.45) is 1.44. The Bertz CT molecular complexity index is 1500. The van der Waals surface area contributed by atoms with Gasteiger partial charge in [0, 0.05) is 54.3 Å². The number of hydrogen-bond donors (Lipinski definition) is 2. The Hall–Kier alpha value is -4.11. The van der Waals surface area contributed by atoms with Crippen LogP contribution >= 0.6 is 0 Å². The van der Waals surface area contributed by atoms with E-state index in [0.717, 1.165) is 36.1 Å². The van der Waals surface area contributed by atoms with Gasteiger partial charge in [0.1, 0.15) is 0 Å². The lowest BCUT2D eigenvalue weighted by molar-refractivity contribution is -0.137. The molecule has 0 atom stereocenters. The van der Waals surface area contributed by atoms with Crippen LogP contribution in [0.5, 0.6) is 0 Å². The molecule has 0 bridgehead atoms. The van der Waals surface area contributed by atoms with Crippen LogP contribution in [0.4, 0.5) is 29.3 Å². The van der Waals surface area contributed by atoms with E-state index in [1.165, 1.54) is 17.7 Å². The number of nitrogens with one attached hydrogen (secondary N) is 2. The van der Waals surface area contributed by atoms with Gasteiger partial charge in [0.2, 0.25) is 0 Å². The summed E-state index contributed by atoms with van der Waals surface area (Å²) in [5, 5.41) is 7.52. The van der Waals surface area contributed by atoms with Crippen molar-refractivity contribution in [2.45, 2.75) is 37.5 Å². The molecule has 41 heavy (non-hydrogen) atoms. The predicted molar refractivity (Wildman–Crippen MR) is 157 cm³/mol. The van der Waals surface area contributed by atoms with Gasteiger partial charge in [0.15, 0.2) is 0 Å². The molecular formula is C32H34F3N5O. The summed E-state index contributed by atoms with van der Waals surface area (Å²) < 4.78 is 41.1. The first-order chi connectivity index (χ1) is 19.6. The van der Waals surface area contributed by atoms with E-state index in [4.69, 9.17) is 0 Å². The van der Waals surface area contributed by atoms with Crippen LogP contribution in [-0.2, 0) is 19.1 Å². The summed E-state index contributed by atoms with van der Waals surface area (Å²) in [5.41, 5.74) is 2.20. The summed E-state index contributed by atoms with van der Waals surface area (Å²) in [7, 11) is 4.14. The van der Waals surface area contributed by atoms with E-state index >= 15 is 0 Å². The number of anilines is 2. The van der Waals surface area contributed by atoms with Crippen molar-refractivity contribution in [3.8, 4) is 0 Å². The molecule has 0 saturated carbocycles. The molecule has 0 aliphatic carbocycles. The fraction of sp³-hybridized carbons (Fsp3) is 0.312. The molecular weight excluding hydrogens is 527 g/mol. The van der Waals surface area contributed by atoms with Crippen molar-refractivity contribution in [2.75, 3.05) is 37.4 Å². The molecule has 9 heteroatoms. The minimum atomic E-state index is -4.46. The standard InChI is InChI=1S/C32H34F3N5O/c1-39(2)31(20-23-6-4-3-5-7-23)13-16-40(17-14-31)29-19-27(32(33,34)35)10-8-25(29)22-37-30(41)38-28-11-9-24-12-15-36-21-26(24)18-28/h3-12,15,18-19,21H,13-14,16-17,20,22H2,1-2H3,(H2,37,38,41). The van der Waals surface area contributed by atoms with Gasteiger partial charge in [-0.25, -0.2) is 4.79 Å². The van der Waals surface area contributed by atoms with Gasteiger partial charge >= 0.3 is 12.2 Å². The van der Waals surface area contributed by atoms with Crippen LogP contribution in [-0.4, -0.2) is 48.6 Å². The van der Waals surface area contributed by atoms with Crippen LogP contribution in [0.2, 0.25) is 0 Å². The van der Waals surface area contributed by atoms with E-state index in [1.807, 2.05) is 41.3 Å². The third-order valence-corrected chi connectivity index (χ3v) is 8.11. The fourth-order valence-electron chi connectivity index (χ4n) is 5.62. The number of rotatable bonds is 7. The number of likely N-dealkylation sites (N-methyl/N-ethyl adjacent to an activating group) is 1. The highest BCUT2D eigenvalue weighted by Gasteiger charge is 2.38. The van der Waals surface area contributed by atoms with Crippen molar-refractivity contribution >= 4 is 28.2 Å². The van der Waals surface area contributed by atoms with Crippen LogP contribution in [0.15, 0.2) is 85.2 Å². The number of carbonyl (C=O) groups is 1. The Balaban J connectivity index is 1.31. The summed E-state index contributed by atoms with van der Waals surface area (Å²) >= 11 is 0. The van der Waals surface area contributed by atoms with Crippen molar-refractivity contribution in [1.29, 1.82) is 0 Å². The lowest BCUT2D eigenvalue weighted by atomic mass is 9.80. The van der Waals surface area contributed by atoms with E-state index in [1.54, 1.807) is 18.5 Å². The van der Waals surface area contributed by atoms with Crippen molar-refractivity contribution in [3.05, 3.63) is 102 Å². The minimum Gasteiger partial charge on any atom is -0.371 e. The van der Waals surface area contributed by atoms with Gasteiger partial charge < -0.3 is 20.4 Å². The van der Waals surface area contributed by atoms with Crippen LogP contribution in [0.25, 0.3) is 10.8 Å². The Morgan fingerprint density at radius 3 is 2.44 bits per heavy atom. The Kier molecular flexibility index (Phi) is 8.17. The molecule has 5 rings (SSSR count). The van der Waals surface area contributed by atoms with Gasteiger partial charge in [-0.2, -0.15) is 13.2 Å². The Labute approximate surface area is 238 Å². The maximum atomic E-state index is 13.7. The van der Waals surface area contributed by atoms with Gasteiger partial charge in [-0.3, -0.25) is 4.98 Å². The molecule has 6 nitrogen and oxygen atoms in total. The monoisotopic (exact) mass is 561 g/mol. The zero-order valence-electron chi connectivity index (χ0n) is 23.2.